The van der Waals surface area contributed by atoms with Gasteiger partial charge in [-0.25, -0.2) is 9.59 Å². The number of esters is 1. The average Bonchev–Trinajstić information content (AvgIpc) is 2.28. The van der Waals surface area contributed by atoms with Crippen LogP contribution in [-0.4, -0.2) is 36.9 Å². The number of rotatable bonds is 6. The molecule has 1 atom stereocenters. The van der Waals surface area contributed by atoms with Crippen molar-refractivity contribution in [3.05, 3.63) is 24.3 Å². The zero-order chi connectivity index (χ0) is 14.7. The molecule has 0 fully saturated rings. The predicted octanol–water partition coefficient (Wildman–Crippen LogP) is 2.18. The Morgan fingerprint density at radius 1 is 1.22 bits per heavy atom. The van der Waals surface area contributed by atoms with Crippen molar-refractivity contribution in [2.75, 3.05) is 13.7 Å². The standard InChI is InChI=1S/C9H16O3.C4H6O2/c1-7(2)9(10)12-6-5-8(3)11-4;1-3(2)4(5)6/h8H,1,5-6H2,2-4H3;1H2,2H3,(H,5,6). The third-order valence-electron chi connectivity index (χ3n) is 1.87. The second kappa shape index (κ2) is 10.5. The van der Waals surface area contributed by atoms with E-state index in [4.69, 9.17) is 14.6 Å². The van der Waals surface area contributed by atoms with Crippen LogP contribution in [0.3, 0.4) is 0 Å². The summed E-state index contributed by atoms with van der Waals surface area (Å²) in [6.07, 6.45) is 0.845. The smallest absolute Gasteiger partial charge is 0.333 e. The number of carbonyl (C=O) groups is 2. The van der Waals surface area contributed by atoms with E-state index in [2.05, 4.69) is 13.2 Å². The third-order valence-corrected chi connectivity index (χ3v) is 1.87. The summed E-state index contributed by atoms with van der Waals surface area (Å²) in [6, 6.07) is 0. The lowest BCUT2D eigenvalue weighted by atomic mass is 10.3. The van der Waals surface area contributed by atoms with E-state index in [1.807, 2.05) is 6.92 Å². The first-order chi connectivity index (χ1) is 8.22. The van der Waals surface area contributed by atoms with E-state index in [1.54, 1.807) is 14.0 Å². The number of hydrogen-bond acceptors (Lipinski definition) is 4. The second-order valence-electron chi connectivity index (χ2n) is 3.84. The Balaban J connectivity index is 0. The Morgan fingerprint density at radius 3 is 1.94 bits per heavy atom. The summed E-state index contributed by atoms with van der Waals surface area (Å²) in [6.45, 7) is 12.0. The van der Waals surface area contributed by atoms with E-state index < -0.39 is 5.97 Å². The summed E-state index contributed by atoms with van der Waals surface area (Å²) in [5, 5.41) is 7.89. The van der Waals surface area contributed by atoms with Crippen LogP contribution in [0.4, 0.5) is 0 Å². The van der Waals surface area contributed by atoms with Crippen LogP contribution in [0.1, 0.15) is 27.2 Å². The monoisotopic (exact) mass is 258 g/mol. The minimum Gasteiger partial charge on any atom is -0.478 e. The number of methoxy groups -OCH3 is 1. The van der Waals surface area contributed by atoms with Crippen molar-refractivity contribution in [2.45, 2.75) is 33.3 Å². The lowest BCUT2D eigenvalue weighted by Crippen LogP contribution is -2.12. The van der Waals surface area contributed by atoms with Crippen LogP contribution in [0.5, 0.6) is 0 Å². The Hall–Kier alpha value is -1.62. The normalized spacial score (nSPS) is 10.7. The highest BCUT2D eigenvalue weighted by Gasteiger charge is 2.04. The van der Waals surface area contributed by atoms with Gasteiger partial charge in [0.05, 0.1) is 12.7 Å². The van der Waals surface area contributed by atoms with E-state index in [1.165, 1.54) is 6.92 Å². The summed E-state index contributed by atoms with van der Waals surface area (Å²) in [4.78, 5) is 20.4. The number of hydrogen-bond donors (Lipinski definition) is 1. The van der Waals surface area contributed by atoms with Crippen molar-refractivity contribution >= 4 is 11.9 Å². The maximum Gasteiger partial charge on any atom is 0.333 e. The molecular weight excluding hydrogens is 236 g/mol. The molecule has 0 aliphatic carbocycles. The van der Waals surface area contributed by atoms with Crippen molar-refractivity contribution in [1.29, 1.82) is 0 Å². The van der Waals surface area contributed by atoms with E-state index in [9.17, 15) is 9.59 Å². The molecule has 0 amide bonds. The fourth-order valence-corrected chi connectivity index (χ4v) is 0.559. The van der Waals surface area contributed by atoms with Gasteiger partial charge >= 0.3 is 11.9 Å². The van der Waals surface area contributed by atoms with Gasteiger partial charge in [-0.2, -0.15) is 0 Å². The lowest BCUT2D eigenvalue weighted by Gasteiger charge is -2.09. The molecule has 1 N–H and O–H groups in total. The molecule has 1 unspecified atom stereocenters. The van der Waals surface area contributed by atoms with E-state index in [-0.39, 0.29) is 17.6 Å². The van der Waals surface area contributed by atoms with Gasteiger partial charge in [0.2, 0.25) is 0 Å². The number of aliphatic carboxylic acids is 1. The van der Waals surface area contributed by atoms with Crippen LogP contribution in [0.2, 0.25) is 0 Å². The number of carboxylic acids is 1. The van der Waals surface area contributed by atoms with Crippen LogP contribution < -0.4 is 0 Å². The Labute approximate surface area is 108 Å². The average molecular weight is 258 g/mol. The molecule has 0 spiro atoms. The van der Waals surface area contributed by atoms with Crippen LogP contribution in [-0.2, 0) is 19.1 Å². The summed E-state index contributed by atoms with van der Waals surface area (Å²) < 4.78 is 9.84. The van der Waals surface area contributed by atoms with Gasteiger partial charge in [0.25, 0.3) is 0 Å². The summed E-state index contributed by atoms with van der Waals surface area (Å²) in [5.74, 6) is -1.27. The fourth-order valence-electron chi connectivity index (χ4n) is 0.559. The topological polar surface area (TPSA) is 72.8 Å². The largest absolute Gasteiger partial charge is 0.478 e. The van der Waals surface area contributed by atoms with Crippen molar-refractivity contribution in [3.63, 3.8) is 0 Å². The quantitative estimate of drug-likeness (QED) is 0.584. The molecule has 0 rings (SSSR count). The molecule has 0 bridgehead atoms. The van der Waals surface area contributed by atoms with Crippen LogP contribution in [0, 0.1) is 0 Å². The van der Waals surface area contributed by atoms with Gasteiger partial charge in [0, 0.05) is 24.7 Å². The first-order valence-electron chi connectivity index (χ1n) is 5.46. The molecule has 5 nitrogen and oxygen atoms in total. The third kappa shape index (κ3) is 12.4. The fraction of sp³-hybridized carbons (Fsp3) is 0.538. The molecule has 0 aromatic carbocycles. The molecule has 18 heavy (non-hydrogen) atoms. The molecule has 104 valence electrons. The minimum atomic E-state index is -0.935. The molecule has 0 aliphatic rings. The first kappa shape index (κ1) is 18.7. The summed E-state index contributed by atoms with van der Waals surface area (Å²) >= 11 is 0. The molecule has 0 saturated heterocycles. The highest BCUT2D eigenvalue weighted by atomic mass is 16.5. The summed E-state index contributed by atoms with van der Waals surface area (Å²) in [5.41, 5.74) is 0.607. The van der Waals surface area contributed by atoms with Gasteiger partial charge < -0.3 is 14.6 Å². The Kier molecular flexibility index (Phi) is 11.0. The van der Waals surface area contributed by atoms with Crippen molar-refractivity contribution in [1.82, 2.24) is 0 Å². The van der Waals surface area contributed by atoms with Crippen molar-refractivity contribution < 1.29 is 24.2 Å². The van der Waals surface area contributed by atoms with Crippen molar-refractivity contribution in [2.24, 2.45) is 0 Å². The molecule has 0 aromatic heterocycles. The van der Waals surface area contributed by atoms with Crippen LogP contribution >= 0.6 is 0 Å². The van der Waals surface area contributed by atoms with Gasteiger partial charge in [-0.15, -0.1) is 0 Å². The van der Waals surface area contributed by atoms with E-state index in [0.717, 1.165) is 6.42 Å². The molecule has 0 heterocycles. The minimum absolute atomic E-state index is 0.128. The van der Waals surface area contributed by atoms with Gasteiger partial charge in [0.1, 0.15) is 0 Å². The molecular formula is C13H22O5. The van der Waals surface area contributed by atoms with Gasteiger partial charge in [0.15, 0.2) is 0 Å². The second-order valence-corrected chi connectivity index (χ2v) is 3.84. The predicted molar refractivity (Wildman–Crippen MR) is 69.3 cm³/mol. The number of ether oxygens (including phenoxy) is 2. The van der Waals surface area contributed by atoms with Crippen LogP contribution in [0.25, 0.3) is 0 Å². The van der Waals surface area contributed by atoms with Crippen molar-refractivity contribution in [3.8, 4) is 0 Å². The molecule has 0 aromatic rings. The van der Waals surface area contributed by atoms with E-state index in [0.29, 0.717) is 12.2 Å². The van der Waals surface area contributed by atoms with Gasteiger partial charge in [-0.05, 0) is 20.8 Å². The maximum atomic E-state index is 10.9. The maximum absolute atomic E-state index is 10.9. The first-order valence-corrected chi connectivity index (χ1v) is 5.46. The summed E-state index contributed by atoms with van der Waals surface area (Å²) in [7, 11) is 1.63. The molecule has 0 radical (unpaired) electrons. The highest BCUT2D eigenvalue weighted by Crippen LogP contribution is 1.98. The zero-order valence-electron chi connectivity index (χ0n) is 11.5. The van der Waals surface area contributed by atoms with Gasteiger partial charge in [-0.3, -0.25) is 0 Å². The number of carbonyl (C=O) groups excluding carboxylic acids is 1. The van der Waals surface area contributed by atoms with E-state index >= 15 is 0 Å². The van der Waals surface area contributed by atoms with Gasteiger partial charge in [-0.1, -0.05) is 13.2 Å². The Morgan fingerprint density at radius 2 is 1.67 bits per heavy atom. The molecule has 0 aliphatic heterocycles. The Bertz CT molecular complexity index is 295. The number of carboxylic acid groups (broad SMARTS) is 1. The SMILES string of the molecule is C=C(C)C(=O)O.C=C(C)C(=O)OCCC(C)OC. The lowest BCUT2D eigenvalue weighted by molar-refractivity contribution is -0.139. The molecule has 0 saturated carbocycles. The zero-order valence-corrected chi connectivity index (χ0v) is 11.5. The highest BCUT2D eigenvalue weighted by molar-refractivity contribution is 5.86. The molecule has 5 heteroatoms. The van der Waals surface area contributed by atoms with Crippen LogP contribution in [0.15, 0.2) is 24.3 Å².